The number of likely N-dealkylation sites (tertiary alicyclic amines) is 1. The van der Waals surface area contributed by atoms with E-state index in [-0.39, 0.29) is 47.8 Å². The fourth-order valence-corrected chi connectivity index (χ4v) is 6.13. The molecule has 0 spiro atoms. The van der Waals surface area contributed by atoms with Crippen molar-refractivity contribution in [3.8, 4) is 0 Å². The van der Waals surface area contributed by atoms with Gasteiger partial charge >= 0.3 is 5.97 Å². The molecule has 2 aromatic rings. The van der Waals surface area contributed by atoms with Crippen molar-refractivity contribution in [2.24, 2.45) is 23.7 Å². The quantitative estimate of drug-likeness (QED) is 0.422. The molecule has 192 valence electrons. The topological polar surface area (TPSA) is 122 Å². The molecule has 1 saturated heterocycles. The summed E-state index contributed by atoms with van der Waals surface area (Å²) in [6, 6.07) is 14.5. The van der Waals surface area contributed by atoms with Crippen LogP contribution in [0.4, 0.5) is 11.4 Å². The van der Waals surface area contributed by atoms with Crippen LogP contribution in [-0.2, 0) is 35.1 Å². The number of rotatable bonds is 8. The van der Waals surface area contributed by atoms with Gasteiger partial charge in [0.25, 0.3) is 5.91 Å². The third kappa shape index (κ3) is 4.98. The molecular weight excluding hydrogens is 474 g/mol. The number of hydrogen-bond acceptors (Lipinski definition) is 6. The average Bonchev–Trinajstić information content (AvgIpc) is 3.56. The van der Waals surface area contributed by atoms with Gasteiger partial charge in [0, 0.05) is 24.7 Å². The maximum absolute atomic E-state index is 13.4. The Balaban J connectivity index is 1.26. The number of carbonyl (C=O) groups excluding carboxylic acids is 5. The van der Waals surface area contributed by atoms with Crippen LogP contribution in [0.25, 0.3) is 0 Å². The highest BCUT2D eigenvalue weighted by atomic mass is 16.5. The number of esters is 1. The van der Waals surface area contributed by atoms with E-state index in [0.29, 0.717) is 11.4 Å². The van der Waals surface area contributed by atoms with Crippen molar-refractivity contribution in [2.75, 3.05) is 17.2 Å². The van der Waals surface area contributed by atoms with E-state index in [2.05, 4.69) is 10.6 Å². The van der Waals surface area contributed by atoms with Crippen LogP contribution in [-0.4, -0.2) is 47.1 Å². The highest BCUT2D eigenvalue weighted by molar-refractivity contribution is 6.08. The highest BCUT2D eigenvalue weighted by Gasteiger charge is 2.62. The molecule has 0 aromatic heterocycles. The van der Waals surface area contributed by atoms with Crippen molar-refractivity contribution in [2.45, 2.75) is 38.6 Å². The lowest BCUT2D eigenvalue weighted by molar-refractivity contribution is -0.160. The van der Waals surface area contributed by atoms with Gasteiger partial charge in [-0.25, -0.2) is 4.79 Å². The smallest absolute Gasteiger partial charge is 0.330 e. The normalized spacial score (nSPS) is 24.5. The number of nitrogens with zero attached hydrogens (tertiary/aromatic N) is 1. The van der Waals surface area contributed by atoms with Gasteiger partial charge in [-0.2, -0.15) is 0 Å². The molecule has 1 heterocycles. The minimum absolute atomic E-state index is 0.123. The maximum atomic E-state index is 13.4. The molecule has 2 aromatic carbocycles. The summed E-state index contributed by atoms with van der Waals surface area (Å²) in [7, 11) is 0. The number of carbonyl (C=O) groups is 5. The Morgan fingerprint density at radius 3 is 2.03 bits per heavy atom. The van der Waals surface area contributed by atoms with Gasteiger partial charge in [-0.1, -0.05) is 30.3 Å². The van der Waals surface area contributed by atoms with Gasteiger partial charge < -0.3 is 15.4 Å². The SMILES string of the molecule is CC(=O)Nc1ccc(NC(=O)COC(=O)[C@H](Cc2ccccc2)N2C(=O)[C@@H]3[C@H]4CC[C@@H](C4)[C@H]3C2=O)cc1. The summed E-state index contributed by atoms with van der Waals surface area (Å²) in [5.41, 5.74) is 1.83. The van der Waals surface area contributed by atoms with Crippen LogP contribution < -0.4 is 10.6 Å². The van der Waals surface area contributed by atoms with Crippen molar-refractivity contribution in [1.82, 2.24) is 4.90 Å². The van der Waals surface area contributed by atoms with Gasteiger partial charge in [-0.3, -0.25) is 24.1 Å². The van der Waals surface area contributed by atoms with E-state index in [1.807, 2.05) is 30.3 Å². The van der Waals surface area contributed by atoms with Crippen LogP contribution in [0, 0.1) is 23.7 Å². The third-order valence-corrected chi connectivity index (χ3v) is 7.65. The van der Waals surface area contributed by atoms with E-state index in [1.165, 1.54) is 6.92 Å². The molecule has 2 N–H and O–H groups in total. The highest BCUT2D eigenvalue weighted by Crippen LogP contribution is 2.56. The summed E-state index contributed by atoms with van der Waals surface area (Å²) in [5, 5.41) is 5.26. The van der Waals surface area contributed by atoms with Crippen LogP contribution in [0.1, 0.15) is 31.7 Å². The number of fused-ring (bicyclic) bond motifs is 5. The molecular formula is C28H29N3O6. The first-order valence-electron chi connectivity index (χ1n) is 12.6. The molecule has 2 aliphatic carbocycles. The lowest BCUT2D eigenvalue weighted by Crippen LogP contribution is -2.48. The summed E-state index contributed by atoms with van der Waals surface area (Å²) in [4.78, 5) is 64.7. The number of hydrogen-bond donors (Lipinski definition) is 2. The molecule has 2 saturated carbocycles. The zero-order valence-electron chi connectivity index (χ0n) is 20.5. The summed E-state index contributed by atoms with van der Waals surface area (Å²) >= 11 is 0. The van der Waals surface area contributed by atoms with Crippen molar-refractivity contribution in [1.29, 1.82) is 0 Å². The number of amides is 4. The van der Waals surface area contributed by atoms with E-state index >= 15 is 0 Å². The van der Waals surface area contributed by atoms with E-state index in [0.717, 1.165) is 29.7 Å². The van der Waals surface area contributed by atoms with Crippen molar-refractivity contribution in [3.63, 3.8) is 0 Å². The van der Waals surface area contributed by atoms with Crippen LogP contribution in [0.5, 0.6) is 0 Å². The van der Waals surface area contributed by atoms with Crippen molar-refractivity contribution < 1.29 is 28.7 Å². The van der Waals surface area contributed by atoms with Gasteiger partial charge in [-0.15, -0.1) is 0 Å². The molecule has 2 bridgehead atoms. The van der Waals surface area contributed by atoms with Crippen molar-refractivity contribution >= 4 is 41.0 Å². The minimum atomic E-state index is -1.13. The van der Waals surface area contributed by atoms with Gasteiger partial charge in [0.05, 0.1) is 11.8 Å². The van der Waals surface area contributed by atoms with Crippen LogP contribution in [0.3, 0.4) is 0 Å². The Morgan fingerprint density at radius 1 is 0.892 bits per heavy atom. The second kappa shape index (κ2) is 10.2. The average molecular weight is 504 g/mol. The lowest BCUT2D eigenvalue weighted by Gasteiger charge is -2.26. The van der Waals surface area contributed by atoms with Crippen LogP contribution in [0.15, 0.2) is 54.6 Å². The summed E-state index contributed by atoms with van der Waals surface area (Å²) in [6.07, 6.45) is 2.91. The molecule has 9 nitrogen and oxygen atoms in total. The second-order valence-corrected chi connectivity index (χ2v) is 10.1. The van der Waals surface area contributed by atoms with Gasteiger partial charge in [-0.05, 0) is 60.9 Å². The number of ether oxygens (including phenoxy) is 1. The predicted octanol–water partition coefficient (Wildman–Crippen LogP) is 2.77. The van der Waals surface area contributed by atoms with Gasteiger partial charge in [0.1, 0.15) is 6.04 Å². The van der Waals surface area contributed by atoms with Crippen LogP contribution in [0.2, 0.25) is 0 Å². The fraction of sp³-hybridized carbons (Fsp3) is 0.393. The first-order chi connectivity index (χ1) is 17.8. The van der Waals surface area contributed by atoms with E-state index < -0.39 is 24.5 Å². The zero-order valence-corrected chi connectivity index (χ0v) is 20.5. The Bertz CT molecular complexity index is 1200. The predicted molar refractivity (Wildman–Crippen MR) is 134 cm³/mol. The largest absolute Gasteiger partial charge is 0.454 e. The molecule has 37 heavy (non-hydrogen) atoms. The van der Waals surface area contributed by atoms with Gasteiger partial charge in [0.2, 0.25) is 17.7 Å². The number of anilines is 2. The summed E-state index contributed by atoms with van der Waals surface area (Å²) < 4.78 is 5.33. The molecule has 3 aliphatic rings. The molecule has 4 amide bonds. The Hall–Kier alpha value is -4.01. The number of benzene rings is 2. The third-order valence-electron chi connectivity index (χ3n) is 7.65. The molecule has 0 unspecified atom stereocenters. The number of nitrogens with one attached hydrogen (secondary N) is 2. The summed E-state index contributed by atoms with van der Waals surface area (Å²) in [5.74, 6) is -2.42. The van der Waals surface area contributed by atoms with Crippen LogP contribution >= 0.6 is 0 Å². The first-order valence-corrected chi connectivity index (χ1v) is 12.6. The monoisotopic (exact) mass is 503 g/mol. The first kappa shape index (κ1) is 24.7. The maximum Gasteiger partial charge on any atom is 0.330 e. The van der Waals surface area contributed by atoms with E-state index in [1.54, 1.807) is 24.3 Å². The lowest BCUT2D eigenvalue weighted by atomic mass is 9.81. The Labute approximate surface area is 214 Å². The summed E-state index contributed by atoms with van der Waals surface area (Å²) in [6.45, 7) is 0.834. The van der Waals surface area contributed by atoms with Gasteiger partial charge in [0.15, 0.2) is 6.61 Å². The second-order valence-electron chi connectivity index (χ2n) is 10.1. The fourth-order valence-electron chi connectivity index (χ4n) is 6.13. The molecule has 9 heteroatoms. The van der Waals surface area contributed by atoms with E-state index in [4.69, 9.17) is 4.74 Å². The Morgan fingerprint density at radius 2 is 1.46 bits per heavy atom. The Kier molecular flexibility index (Phi) is 6.78. The molecule has 1 aliphatic heterocycles. The number of imide groups is 1. The molecule has 3 fully saturated rings. The van der Waals surface area contributed by atoms with Crippen molar-refractivity contribution in [3.05, 3.63) is 60.2 Å². The zero-order chi connectivity index (χ0) is 26.1. The minimum Gasteiger partial charge on any atom is -0.454 e. The standard InChI is InChI=1S/C28H29N3O6/c1-16(32)29-20-9-11-21(12-10-20)30-23(33)15-37-28(36)22(13-17-5-3-2-4-6-17)31-26(34)24-18-7-8-19(14-18)25(24)27(31)35/h2-6,9-12,18-19,22,24-25H,7-8,13-15H2,1H3,(H,29,32)(H,30,33)/t18-,19-,22-,24+,25+/m0/s1. The van der Waals surface area contributed by atoms with E-state index in [9.17, 15) is 24.0 Å². The molecule has 0 radical (unpaired) electrons. The molecule has 5 atom stereocenters. The molecule has 5 rings (SSSR count).